The van der Waals surface area contributed by atoms with E-state index in [0.717, 1.165) is 34.5 Å². The molecule has 6 nitrogen and oxygen atoms in total. The number of aromatic nitrogens is 1. The van der Waals surface area contributed by atoms with Crippen LogP contribution in [0.25, 0.3) is 6.08 Å². The maximum atomic E-state index is 13.2. The van der Waals surface area contributed by atoms with Crippen LogP contribution in [0.2, 0.25) is 0 Å². The summed E-state index contributed by atoms with van der Waals surface area (Å²) in [7, 11) is 1.61. The molecule has 2 aliphatic rings. The second kappa shape index (κ2) is 7.89. The van der Waals surface area contributed by atoms with Crippen molar-refractivity contribution in [3.8, 4) is 17.2 Å². The van der Waals surface area contributed by atoms with Gasteiger partial charge in [0, 0.05) is 31.0 Å². The number of benzene rings is 2. The fourth-order valence-corrected chi connectivity index (χ4v) is 4.05. The molecule has 2 aliphatic heterocycles. The molecule has 3 heterocycles. The molecule has 0 atom stereocenters. The normalized spacial score (nSPS) is 16.5. The van der Waals surface area contributed by atoms with E-state index in [1.807, 2.05) is 49.4 Å². The maximum Gasteiger partial charge on any atom is 0.232 e. The molecule has 3 aromatic rings. The van der Waals surface area contributed by atoms with Crippen molar-refractivity contribution in [2.75, 3.05) is 13.8 Å². The standard InChI is InChI=1S/C25H22N2O4/c1-16-11-21-19(14-27(15-30-21)13-17-7-9-26-10-8-17)25-23(16)24(28)22(31-25)12-18-5-3-4-6-20(18)29-2/h3-12H,13-15H2,1-2H3/b22-12-. The first-order valence-corrected chi connectivity index (χ1v) is 10.1. The molecule has 0 fully saturated rings. The molecule has 0 saturated heterocycles. The van der Waals surface area contributed by atoms with E-state index in [1.165, 1.54) is 0 Å². The Hall–Kier alpha value is -3.64. The molecule has 0 aliphatic carbocycles. The third-order valence-corrected chi connectivity index (χ3v) is 5.57. The van der Waals surface area contributed by atoms with E-state index in [4.69, 9.17) is 14.2 Å². The van der Waals surface area contributed by atoms with Gasteiger partial charge in [-0.15, -0.1) is 0 Å². The summed E-state index contributed by atoms with van der Waals surface area (Å²) in [6, 6.07) is 13.5. The van der Waals surface area contributed by atoms with Crippen LogP contribution in [0.3, 0.4) is 0 Å². The number of fused-ring (bicyclic) bond motifs is 3. The average Bonchev–Trinajstić information content (AvgIpc) is 3.12. The first-order chi connectivity index (χ1) is 15.1. The zero-order chi connectivity index (χ0) is 21.4. The zero-order valence-electron chi connectivity index (χ0n) is 17.4. The predicted molar refractivity (Wildman–Crippen MR) is 116 cm³/mol. The van der Waals surface area contributed by atoms with E-state index in [9.17, 15) is 4.79 Å². The van der Waals surface area contributed by atoms with Gasteiger partial charge in [0.15, 0.2) is 5.76 Å². The molecule has 0 bridgehead atoms. The number of methoxy groups -OCH3 is 1. The summed E-state index contributed by atoms with van der Waals surface area (Å²) < 4.78 is 17.6. The van der Waals surface area contributed by atoms with Gasteiger partial charge in [-0.05, 0) is 48.4 Å². The van der Waals surface area contributed by atoms with Crippen LogP contribution in [0.4, 0.5) is 0 Å². The van der Waals surface area contributed by atoms with Crippen molar-refractivity contribution in [1.82, 2.24) is 9.88 Å². The van der Waals surface area contributed by atoms with Crippen LogP contribution in [0, 0.1) is 6.92 Å². The second-order valence-electron chi connectivity index (χ2n) is 7.67. The highest BCUT2D eigenvalue weighted by Crippen LogP contribution is 2.44. The Morgan fingerprint density at radius 1 is 1.19 bits per heavy atom. The lowest BCUT2D eigenvalue weighted by Crippen LogP contribution is -2.31. The fourth-order valence-electron chi connectivity index (χ4n) is 4.05. The summed E-state index contributed by atoms with van der Waals surface area (Å²) in [5.74, 6) is 2.23. The van der Waals surface area contributed by atoms with Gasteiger partial charge >= 0.3 is 0 Å². The Morgan fingerprint density at radius 3 is 2.81 bits per heavy atom. The van der Waals surface area contributed by atoms with Crippen molar-refractivity contribution in [1.29, 1.82) is 0 Å². The first kappa shape index (κ1) is 19.3. The van der Waals surface area contributed by atoms with Crippen molar-refractivity contribution in [3.05, 3.63) is 88.4 Å². The second-order valence-corrected chi connectivity index (χ2v) is 7.67. The molecule has 2 aromatic carbocycles. The van der Waals surface area contributed by atoms with Crippen LogP contribution in [0.1, 0.15) is 32.6 Å². The Morgan fingerprint density at radius 2 is 2.00 bits per heavy atom. The molecule has 0 saturated carbocycles. The highest BCUT2D eigenvalue weighted by molar-refractivity contribution is 6.16. The number of ether oxygens (including phenoxy) is 3. The molecule has 0 amide bonds. The molecular weight excluding hydrogens is 392 g/mol. The minimum Gasteiger partial charge on any atom is -0.496 e. The van der Waals surface area contributed by atoms with Gasteiger partial charge in [-0.3, -0.25) is 14.7 Å². The summed E-state index contributed by atoms with van der Waals surface area (Å²) in [6.07, 6.45) is 5.31. The van der Waals surface area contributed by atoms with Gasteiger partial charge in [-0.25, -0.2) is 0 Å². The van der Waals surface area contributed by atoms with Crippen molar-refractivity contribution in [2.24, 2.45) is 0 Å². The minimum absolute atomic E-state index is 0.118. The third-order valence-electron chi connectivity index (χ3n) is 5.57. The van der Waals surface area contributed by atoms with Crippen LogP contribution >= 0.6 is 0 Å². The number of rotatable bonds is 4. The first-order valence-electron chi connectivity index (χ1n) is 10.1. The van der Waals surface area contributed by atoms with Crippen molar-refractivity contribution >= 4 is 11.9 Å². The Labute approximate surface area is 180 Å². The summed E-state index contributed by atoms with van der Waals surface area (Å²) in [6.45, 7) is 3.75. The number of pyridine rings is 1. The number of carbonyl (C=O) groups excluding carboxylic acids is 1. The summed E-state index contributed by atoms with van der Waals surface area (Å²) in [5, 5.41) is 0. The van der Waals surface area contributed by atoms with E-state index >= 15 is 0 Å². The van der Waals surface area contributed by atoms with Gasteiger partial charge in [0.1, 0.15) is 24.0 Å². The smallest absolute Gasteiger partial charge is 0.232 e. The zero-order valence-corrected chi connectivity index (χ0v) is 17.4. The number of aryl methyl sites for hydroxylation is 1. The highest BCUT2D eigenvalue weighted by Gasteiger charge is 2.35. The number of hydrogen-bond acceptors (Lipinski definition) is 6. The van der Waals surface area contributed by atoms with Crippen molar-refractivity contribution in [3.63, 3.8) is 0 Å². The van der Waals surface area contributed by atoms with Crippen LogP contribution in [-0.4, -0.2) is 29.5 Å². The van der Waals surface area contributed by atoms with E-state index in [0.29, 0.717) is 36.1 Å². The number of ketones is 1. The quantitative estimate of drug-likeness (QED) is 0.591. The predicted octanol–water partition coefficient (Wildman–Crippen LogP) is 4.37. The maximum absolute atomic E-state index is 13.2. The lowest BCUT2D eigenvalue weighted by Gasteiger charge is -2.30. The number of Topliss-reactive ketones (excluding diaryl/α,β-unsaturated/α-hetero) is 1. The number of hydrogen-bond donors (Lipinski definition) is 0. The third kappa shape index (κ3) is 3.55. The number of para-hydroxylation sites is 1. The number of carbonyl (C=O) groups is 1. The molecule has 31 heavy (non-hydrogen) atoms. The molecule has 5 rings (SSSR count). The van der Waals surface area contributed by atoms with Gasteiger partial charge in [0.25, 0.3) is 0 Å². The van der Waals surface area contributed by atoms with Gasteiger partial charge in [0.05, 0.1) is 18.2 Å². The van der Waals surface area contributed by atoms with Gasteiger partial charge in [0.2, 0.25) is 5.78 Å². The molecular formula is C25H22N2O4. The van der Waals surface area contributed by atoms with E-state index in [2.05, 4.69) is 9.88 Å². The Bertz CT molecular complexity index is 1190. The molecule has 0 radical (unpaired) electrons. The number of allylic oxidation sites excluding steroid dienone is 1. The summed E-state index contributed by atoms with van der Waals surface area (Å²) in [5.41, 5.74) is 4.31. The minimum atomic E-state index is -0.118. The SMILES string of the molecule is COc1ccccc1/C=C1\Oc2c3c(cc(C)c2C1=O)OCN(Cc1ccncc1)C3. The van der Waals surface area contributed by atoms with Crippen LogP contribution in [-0.2, 0) is 13.1 Å². The number of nitrogens with zero attached hydrogens (tertiary/aromatic N) is 2. The topological polar surface area (TPSA) is 60.9 Å². The van der Waals surface area contributed by atoms with Gasteiger partial charge in [-0.2, -0.15) is 0 Å². The van der Waals surface area contributed by atoms with Gasteiger partial charge < -0.3 is 14.2 Å². The van der Waals surface area contributed by atoms with E-state index < -0.39 is 0 Å². The lowest BCUT2D eigenvalue weighted by atomic mass is 9.98. The van der Waals surface area contributed by atoms with Crippen LogP contribution in [0.15, 0.2) is 60.6 Å². The van der Waals surface area contributed by atoms with E-state index in [1.54, 1.807) is 25.6 Å². The molecule has 6 heteroatoms. The molecule has 0 unspecified atom stereocenters. The summed E-state index contributed by atoms with van der Waals surface area (Å²) in [4.78, 5) is 19.4. The largest absolute Gasteiger partial charge is 0.496 e. The van der Waals surface area contributed by atoms with Crippen molar-refractivity contribution < 1.29 is 19.0 Å². The Kier molecular flexibility index (Phi) is 4.92. The van der Waals surface area contributed by atoms with Crippen LogP contribution in [0.5, 0.6) is 17.2 Å². The Balaban J connectivity index is 1.48. The average molecular weight is 414 g/mol. The molecule has 1 aromatic heterocycles. The van der Waals surface area contributed by atoms with Crippen molar-refractivity contribution in [2.45, 2.75) is 20.0 Å². The molecule has 0 spiro atoms. The van der Waals surface area contributed by atoms with E-state index in [-0.39, 0.29) is 5.78 Å². The lowest BCUT2D eigenvalue weighted by molar-refractivity contribution is 0.0872. The highest BCUT2D eigenvalue weighted by atomic mass is 16.5. The molecule has 156 valence electrons. The summed E-state index contributed by atoms with van der Waals surface area (Å²) >= 11 is 0. The van der Waals surface area contributed by atoms with Crippen LogP contribution < -0.4 is 14.2 Å². The molecule has 0 N–H and O–H groups in total. The van der Waals surface area contributed by atoms with Gasteiger partial charge in [-0.1, -0.05) is 18.2 Å². The monoisotopic (exact) mass is 414 g/mol. The fraction of sp³-hybridized carbons (Fsp3) is 0.200.